The largest absolute Gasteiger partial charge is 0.496 e. The Labute approximate surface area is 317 Å². The standard InChI is InChI=1S/C46H38O6S2/c1-33-18-21-41(30-37(33)28-34-12-6-3-7-13-34)54(49,50)43-25-27-46(44(32-43)36-16-10-5-11-17-36)52-39-19-22-40(23-20-39)53(47,48)42-24-26-45(51-2)38(31-42)29-35-14-8-4-9-15-35/h3-27,30-32H,28-29H2,1-2H3. The van der Waals surface area contributed by atoms with Crippen molar-refractivity contribution in [3.8, 4) is 28.4 Å². The highest BCUT2D eigenvalue weighted by Crippen LogP contribution is 2.38. The molecule has 0 amide bonds. The van der Waals surface area contributed by atoms with Crippen LogP contribution in [0.25, 0.3) is 11.1 Å². The van der Waals surface area contributed by atoms with Crippen LogP contribution in [-0.2, 0) is 32.5 Å². The molecule has 0 bridgehead atoms. The average Bonchev–Trinajstić information content (AvgIpc) is 3.20. The first-order valence-electron chi connectivity index (χ1n) is 17.4. The molecule has 0 atom stereocenters. The summed E-state index contributed by atoms with van der Waals surface area (Å²) in [4.78, 5) is 0.621. The number of benzene rings is 7. The summed E-state index contributed by atoms with van der Waals surface area (Å²) in [5, 5.41) is 0. The summed E-state index contributed by atoms with van der Waals surface area (Å²) >= 11 is 0. The van der Waals surface area contributed by atoms with Crippen LogP contribution in [0.15, 0.2) is 189 Å². The van der Waals surface area contributed by atoms with Crippen LogP contribution in [0.4, 0.5) is 0 Å². The molecule has 0 aliphatic rings. The fraction of sp³-hybridized carbons (Fsp3) is 0.0870. The Bertz CT molecular complexity index is 2620. The molecule has 6 nitrogen and oxygen atoms in total. The van der Waals surface area contributed by atoms with Gasteiger partial charge < -0.3 is 9.47 Å². The van der Waals surface area contributed by atoms with Crippen LogP contribution in [0.2, 0.25) is 0 Å². The van der Waals surface area contributed by atoms with Gasteiger partial charge in [0.05, 0.1) is 26.7 Å². The number of rotatable bonds is 12. The van der Waals surface area contributed by atoms with Gasteiger partial charge in [-0.15, -0.1) is 0 Å². The molecule has 0 radical (unpaired) electrons. The molecule has 0 aliphatic carbocycles. The van der Waals surface area contributed by atoms with Crippen molar-refractivity contribution in [3.63, 3.8) is 0 Å². The Morgan fingerprint density at radius 2 is 0.926 bits per heavy atom. The van der Waals surface area contributed by atoms with E-state index in [4.69, 9.17) is 9.47 Å². The lowest BCUT2D eigenvalue weighted by atomic mass is 10.0. The molecule has 7 aromatic rings. The predicted molar refractivity (Wildman–Crippen MR) is 212 cm³/mol. The maximum atomic E-state index is 14.1. The number of ether oxygens (including phenoxy) is 2. The SMILES string of the molecule is COc1ccc(S(=O)(=O)c2ccc(Oc3ccc(S(=O)(=O)c4ccc(C)c(Cc5ccccc5)c4)cc3-c3ccccc3)cc2)cc1Cc1ccccc1. The van der Waals surface area contributed by atoms with E-state index >= 15 is 0 Å². The molecular formula is C46H38O6S2. The molecule has 270 valence electrons. The summed E-state index contributed by atoms with van der Waals surface area (Å²) in [5.41, 5.74) is 6.20. The molecule has 0 saturated carbocycles. The predicted octanol–water partition coefficient (Wildman–Crippen LogP) is 10.3. The summed E-state index contributed by atoms with van der Waals surface area (Å²) in [7, 11) is -6.20. The van der Waals surface area contributed by atoms with Crippen LogP contribution in [-0.4, -0.2) is 23.9 Å². The quantitative estimate of drug-likeness (QED) is 0.124. The monoisotopic (exact) mass is 750 g/mol. The van der Waals surface area contributed by atoms with Crippen molar-refractivity contribution in [1.29, 1.82) is 0 Å². The van der Waals surface area contributed by atoms with Gasteiger partial charge in [-0.05, 0) is 120 Å². The molecule has 0 saturated heterocycles. The normalized spacial score (nSPS) is 11.6. The first kappa shape index (κ1) is 36.4. The van der Waals surface area contributed by atoms with Crippen molar-refractivity contribution in [2.75, 3.05) is 7.11 Å². The van der Waals surface area contributed by atoms with Gasteiger partial charge in [0.15, 0.2) is 0 Å². The summed E-state index contributed by atoms with van der Waals surface area (Å²) in [5.74, 6) is 1.43. The third-order valence-electron chi connectivity index (χ3n) is 9.38. The van der Waals surface area contributed by atoms with Crippen LogP contribution < -0.4 is 9.47 Å². The van der Waals surface area contributed by atoms with Gasteiger partial charge in [-0.2, -0.15) is 0 Å². The molecule has 7 aromatic carbocycles. The Morgan fingerprint density at radius 1 is 0.463 bits per heavy atom. The molecule has 7 rings (SSSR count). The molecule has 8 heteroatoms. The van der Waals surface area contributed by atoms with E-state index in [-0.39, 0.29) is 19.6 Å². The number of aryl methyl sites for hydroxylation is 1. The first-order chi connectivity index (χ1) is 26.1. The average molecular weight is 751 g/mol. The molecule has 54 heavy (non-hydrogen) atoms. The molecule has 0 heterocycles. The van der Waals surface area contributed by atoms with Gasteiger partial charge in [-0.25, -0.2) is 16.8 Å². The van der Waals surface area contributed by atoms with Crippen LogP contribution in [0.3, 0.4) is 0 Å². The summed E-state index contributed by atoms with van der Waals surface area (Å²) in [6, 6.07) is 50.4. The second kappa shape index (κ2) is 15.6. The lowest BCUT2D eigenvalue weighted by molar-refractivity contribution is 0.410. The highest BCUT2D eigenvalue weighted by molar-refractivity contribution is 7.91. The highest BCUT2D eigenvalue weighted by Gasteiger charge is 2.23. The van der Waals surface area contributed by atoms with Crippen molar-refractivity contribution in [2.24, 2.45) is 0 Å². The molecule has 0 unspecified atom stereocenters. The van der Waals surface area contributed by atoms with Gasteiger partial charge in [-0.1, -0.05) is 97.1 Å². The van der Waals surface area contributed by atoms with Gasteiger partial charge in [0.25, 0.3) is 0 Å². The molecule has 0 N–H and O–H groups in total. The van der Waals surface area contributed by atoms with Crippen molar-refractivity contribution in [2.45, 2.75) is 39.3 Å². The van der Waals surface area contributed by atoms with Crippen molar-refractivity contribution < 1.29 is 26.3 Å². The van der Waals surface area contributed by atoms with Crippen LogP contribution in [0.5, 0.6) is 17.2 Å². The maximum Gasteiger partial charge on any atom is 0.206 e. The Balaban J connectivity index is 1.17. The molecule has 0 fully saturated rings. The molecule has 0 aromatic heterocycles. The Hall–Kier alpha value is -5.96. The van der Waals surface area contributed by atoms with Gasteiger partial charge in [0.2, 0.25) is 19.7 Å². The minimum absolute atomic E-state index is 0.111. The number of hydrogen-bond acceptors (Lipinski definition) is 6. The van der Waals surface area contributed by atoms with E-state index in [2.05, 4.69) is 0 Å². The zero-order chi connectivity index (χ0) is 37.7. The lowest BCUT2D eigenvalue weighted by Gasteiger charge is -2.15. The van der Waals surface area contributed by atoms with Crippen LogP contribution in [0.1, 0.15) is 27.8 Å². The Kier molecular flexibility index (Phi) is 10.5. The number of methoxy groups -OCH3 is 1. The van der Waals surface area contributed by atoms with E-state index in [1.54, 1.807) is 67.8 Å². The third kappa shape index (κ3) is 7.86. The van der Waals surface area contributed by atoms with Crippen molar-refractivity contribution in [3.05, 3.63) is 198 Å². The maximum absolute atomic E-state index is 14.1. The summed E-state index contributed by atoms with van der Waals surface area (Å²) in [6.45, 7) is 1.98. The van der Waals surface area contributed by atoms with E-state index in [1.807, 2.05) is 104 Å². The number of sulfone groups is 2. The van der Waals surface area contributed by atoms with Crippen molar-refractivity contribution in [1.82, 2.24) is 0 Å². The van der Waals surface area contributed by atoms with E-state index in [0.29, 0.717) is 35.7 Å². The van der Waals surface area contributed by atoms with E-state index in [1.165, 1.54) is 12.1 Å². The summed E-state index contributed by atoms with van der Waals surface area (Å²) < 4.78 is 67.6. The van der Waals surface area contributed by atoms with Crippen LogP contribution in [0, 0.1) is 6.92 Å². The fourth-order valence-corrected chi connectivity index (χ4v) is 9.04. The summed E-state index contributed by atoms with van der Waals surface area (Å²) in [6.07, 6.45) is 1.14. The fourth-order valence-electron chi connectivity index (χ4n) is 6.39. The highest BCUT2D eigenvalue weighted by atomic mass is 32.2. The van der Waals surface area contributed by atoms with E-state index in [0.717, 1.165) is 33.4 Å². The van der Waals surface area contributed by atoms with Gasteiger partial charge in [-0.3, -0.25) is 0 Å². The van der Waals surface area contributed by atoms with Gasteiger partial charge >= 0.3 is 0 Å². The first-order valence-corrected chi connectivity index (χ1v) is 20.4. The zero-order valence-electron chi connectivity index (χ0n) is 29.8. The smallest absolute Gasteiger partial charge is 0.206 e. The van der Waals surface area contributed by atoms with Gasteiger partial charge in [0.1, 0.15) is 17.2 Å². The second-order valence-electron chi connectivity index (χ2n) is 13.0. The molecular weight excluding hydrogens is 713 g/mol. The van der Waals surface area contributed by atoms with E-state index in [9.17, 15) is 16.8 Å². The van der Waals surface area contributed by atoms with Crippen molar-refractivity contribution >= 4 is 19.7 Å². The minimum atomic E-state index is -3.89. The minimum Gasteiger partial charge on any atom is -0.496 e. The number of hydrogen-bond donors (Lipinski definition) is 0. The second-order valence-corrected chi connectivity index (χ2v) is 16.9. The van der Waals surface area contributed by atoms with E-state index < -0.39 is 19.7 Å². The van der Waals surface area contributed by atoms with Gasteiger partial charge in [0, 0.05) is 12.0 Å². The molecule has 0 spiro atoms. The third-order valence-corrected chi connectivity index (χ3v) is 12.9. The zero-order valence-corrected chi connectivity index (χ0v) is 31.5. The lowest BCUT2D eigenvalue weighted by Crippen LogP contribution is -2.05. The van der Waals surface area contributed by atoms with Crippen LogP contribution >= 0.6 is 0 Å². The molecule has 0 aliphatic heterocycles. The Morgan fingerprint density at radius 3 is 1.52 bits per heavy atom. The topological polar surface area (TPSA) is 86.7 Å².